The molecule has 0 saturated carbocycles. The van der Waals surface area contributed by atoms with Crippen LogP contribution in [0.5, 0.6) is 0 Å². The van der Waals surface area contributed by atoms with Crippen molar-refractivity contribution in [3.8, 4) is 33.2 Å². The summed E-state index contributed by atoms with van der Waals surface area (Å²) in [6.07, 6.45) is 9.73. The molecule has 0 amide bonds. The maximum Gasteiger partial charge on any atom is 0.236 e. The molecule has 12 aromatic rings. The highest BCUT2D eigenvalue weighted by atomic mass is 32.1. The molecule has 1 atom stereocenters. The third-order valence-electron chi connectivity index (χ3n) is 12.7. The molecular weight excluding hydrogens is 761 g/mol. The van der Waals surface area contributed by atoms with Crippen molar-refractivity contribution in [2.45, 2.75) is 12.3 Å². The van der Waals surface area contributed by atoms with Crippen LogP contribution < -0.4 is 0 Å². The second kappa shape index (κ2) is 13.5. The zero-order valence-electron chi connectivity index (χ0n) is 33.0. The van der Waals surface area contributed by atoms with E-state index in [9.17, 15) is 0 Å². The number of rotatable bonds is 5. The molecule has 4 nitrogen and oxygen atoms in total. The van der Waals surface area contributed by atoms with Gasteiger partial charge in [0.05, 0.1) is 27.8 Å². The van der Waals surface area contributed by atoms with Crippen molar-refractivity contribution in [3.05, 3.63) is 206 Å². The fourth-order valence-electron chi connectivity index (χ4n) is 9.91. The molecule has 0 saturated heterocycles. The van der Waals surface area contributed by atoms with Crippen molar-refractivity contribution < 1.29 is 0 Å². The second-order valence-electron chi connectivity index (χ2n) is 16.1. The number of allylic oxidation sites excluding steroid dienone is 4. The first kappa shape index (κ1) is 34.3. The summed E-state index contributed by atoms with van der Waals surface area (Å²) in [6.45, 7) is 0. The Balaban J connectivity index is 1.10. The van der Waals surface area contributed by atoms with Gasteiger partial charge in [-0.15, -0.1) is 11.3 Å². The molecule has 0 aliphatic heterocycles. The maximum absolute atomic E-state index is 5.57. The van der Waals surface area contributed by atoms with E-state index >= 15 is 0 Å². The quantitative estimate of drug-likeness (QED) is 0.174. The van der Waals surface area contributed by atoms with E-state index < -0.39 is 0 Å². The van der Waals surface area contributed by atoms with Crippen LogP contribution in [0.3, 0.4) is 0 Å². The Morgan fingerprint density at radius 2 is 1.23 bits per heavy atom. The standard InChI is InChI=1S/C56H36N4S/c1-4-17-37(18-5-1)50-34-47-52(38-19-6-2-7-20-38)57-56(58-55(47)61-50)60-48-31-29-39(33-46(48)44-30-27-36-16-11-13-24-42(36)53(44)60)43-25-14-26-45-51-41-23-12-10-15-35(41)28-32-49(51)59(54(43)45)40-21-8-3-9-22-40/h1-19,21-34,38H,20H2. The van der Waals surface area contributed by atoms with Crippen molar-refractivity contribution >= 4 is 86.7 Å². The van der Waals surface area contributed by atoms with Crippen molar-refractivity contribution in [2.75, 3.05) is 0 Å². The van der Waals surface area contributed by atoms with E-state index in [2.05, 4.69) is 209 Å². The van der Waals surface area contributed by atoms with Crippen LogP contribution in [0.4, 0.5) is 0 Å². The second-order valence-corrected chi connectivity index (χ2v) is 17.1. The highest BCUT2D eigenvalue weighted by molar-refractivity contribution is 7.21. The first-order chi connectivity index (χ1) is 30.3. The summed E-state index contributed by atoms with van der Waals surface area (Å²) in [6, 6.07) is 64.1. The zero-order valence-corrected chi connectivity index (χ0v) is 33.9. The van der Waals surface area contributed by atoms with Crippen LogP contribution in [0.2, 0.25) is 0 Å². The minimum atomic E-state index is 0.151. The molecule has 61 heavy (non-hydrogen) atoms. The fraction of sp³-hybridized carbons (Fsp3) is 0.0357. The molecule has 0 fully saturated rings. The number of para-hydroxylation sites is 2. The molecular formula is C56H36N4S. The minimum absolute atomic E-state index is 0.151. The summed E-state index contributed by atoms with van der Waals surface area (Å²) >= 11 is 1.75. The smallest absolute Gasteiger partial charge is 0.236 e. The largest absolute Gasteiger partial charge is 0.309 e. The number of nitrogens with zero attached hydrogens (tertiary/aromatic N) is 4. The average Bonchev–Trinajstić information content (AvgIpc) is 4.02. The minimum Gasteiger partial charge on any atom is -0.309 e. The average molecular weight is 797 g/mol. The molecule has 5 heteroatoms. The van der Waals surface area contributed by atoms with E-state index in [1.54, 1.807) is 11.3 Å². The Bertz CT molecular complexity index is 3790. The van der Waals surface area contributed by atoms with Gasteiger partial charge in [-0.1, -0.05) is 164 Å². The van der Waals surface area contributed by atoms with E-state index in [1.165, 1.54) is 70.1 Å². The number of thiophene rings is 1. The third-order valence-corrected chi connectivity index (χ3v) is 13.7. The van der Waals surface area contributed by atoms with Gasteiger partial charge in [0.1, 0.15) is 4.83 Å². The predicted molar refractivity (Wildman–Crippen MR) is 258 cm³/mol. The number of aromatic nitrogens is 4. The van der Waals surface area contributed by atoms with Crippen LogP contribution in [0.1, 0.15) is 18.0 Å². The molecule has 1 aliphatic carbocycles. The van der Waals surface area contributed by atoms with Gasteiger partial charge in [-0.2, -0.15) is 0 Å². The fourth-order valence-corrected chi connectivity index (χ4v) is 11.0. The van der Waals surface area contributed by atoms with Crippen LogP contribution in [-0.4, -0.2) is 19.1 Å². The molecule has 4 aromatic heterocycles. The monoisotopic (exact) mass is 796 g/mol. The Morgan fingerprint density at radius 3 is 2.07 bits per heavy atom. The Labute approximate surface area is 355 Å². The van der Waals surface area contributed by atoms with Gasteiger partial charge in [0.15, 0.2) is 0 Å². The summed E-state index contributed by atoms with van der Waals surface area (Å²) in [7, 11) is 0. The zero-order chi connectivity index (χ0) is 40.0. The molecule has 0 radical (unpaired) electrons. The Morgan fingerprint density at radius 1 is 0.492 bits per heavy atom. The molecule has 4 heterocycles. The lowest BCUT2D eigenvalue weighted by Crippen LogP contribution is -2.07. The first-order valence-corrected chi connectivity index (χ1v) is 21.8. The van der Waals surface area contributed by atoms with Crippen LogP contribution in [-0.2, 0) is 0 Å². The van der Waals surface area contributed by atoms with E-state index in [1.807, 2.05) is 0 Å². The van der Waals surface area contributed by atoms with Gasteiger partial charge in [-0.25, -0.2) is 9.97 Å². The van der Waals surface area contributed by atoms with Crippen molar-refractivity contribution in [1.29, 1.82) is 0 Å². The molecule has 0 N–H and O–H groups in total. The van der Waals surface area contributed by atoms with Crippen molar-refractivity contribution in [2.24, 2.45) is 0 Å². The molecule has 1 unspecified atom stereocenters. The number of hydrogen-bond donors (Lipinski definition) is 0. The lowest BCUT2D eigenvalue weighted by Gasteiger charge is -2.16. The Hall–Kier alpha value is -7.60. The van der Waals surface area contributed by atoms with Crippen molar-refractivity contribution in [1.82, 2.24) is 19.1 Å². The van der Waals surface area contributed by atoms with Gasteiger partial charge in [0, 0.05) is 54.4 Å². The van der Waals surface area contributed by atoms with Crippen LogP contribution >= 0.6 is 11.3 Å². The van der Waals surface area contributed by atoms with E-state index in [4.69, 9.17) is 9.97 Å². The summed E-state index contributed by atoms with van der Waals surface area (Å²) < 4.78 is 4.79. The molecule has 13 rings (SSSR count). The summed E-state index contributed by atoms with van der Waals surface area (Å²) in [5.74, 6) is 0.854. The number of fused-ring (bicyclic) bond motifs is 11. The summed E-state index contributed by atoms with van der Waals surface area (Å²) in [5.41, 5.74) is 10.4. The van der Waals surface area contributed by atoms with E-state index in [0.717, 1.165) is 44.6 Å². The lowest BCUT2D eigenvalue weighted by molar-refractivity contribution is 0.811. The van der Waals surface area contributed by atoms with Crippen LogP contribution in [0.25, 0.3) is 109 Å². The van der Waals surface area contributed by atoms with Gasteiger partial charge in [-0.05, 0) is 70.1 Å². The van der Waals surface area contributed by atoms with Crippen molar-refractivity contribution in [3.63, 3.8) is 0 Å². The molecule has 0 spiro atoms. The normalized spacial score (nSPS) is 14.2. The molecule has 0 bridgehead atoms. The van der Waals surface area contributed by atoms with E-state index in [0.29, 0.717) is 5.95 Å². The third kappa shape index (κ3) is 5.24. The van der Waals surface area contributed by atoms with E-state index in [-0.39, 0.29) is 5.92 Å². The first-order valence-electron chi connectivity index (χ1n) is 20.9. The van der Waals surface area contributed by atoms with Crippen LogP contribution in [0, 0.1) is 0 Å². The Kier molecular flexibility index (Phi) is 7.57. The maximum atomic E-state index is 5.57. The lowest BCUT2D eigenvalue weighted by atomic mass is 9.95. The van der Waals surface area contributed by atoms with Crippen LogP contribution in [0.15, 0.2) is 200 Å². The van der Waals surface area contributed by atoms with Gasteiger partial charge in [0.25, 0.3) is 0 Å². The van der Waals surface area contributed by atoms with Gasteiger partial charge in [0.2, 0.25) is 5.95 Å². The number of hydrogen-bond acceptors (Lipinski definition) is 3. The SMILES string of the molecule is C1=CCC(c2nc(-n3c4ccc(-c5cccc6c7c8ccccc8ccc7n(-c7ccccc7)c56)cc4c4ccc5ccccc5c43)nc3sc(-c4ccccc4)cc23)C=C1. The highest BCUT2D eigenvalue weighted by Crippen LogP contribution is 2.44. The predicted octanol–water partition coefficient (Wildman–Crippen LogP) is 15.1. The summed E-state index contributed by atoms with van der Waals surface area (Å²) in [5, 5.41) is 10.9. The molecule has 8 aromatic carbocycles. The van der Waals surface area contributed by atoms with Gasteiger partial charge >= 0.3 is 0 Å². The topological polar surface area (TPSA) is 35.6 Å². The summed E-state index contributed by atoms with van der Waals surface area (Å²) in [4.78, 5) is 13.2. The molecule has 286 valence electrons. The molecule has 1 aliphatic rings. The highest BCUT2D eigenvalue weighted by Gasteiger charge is 2.24. The van der Waals surface area contributed by atoms with Gasteiger partial charge < -0.3 is 4.57 Å². The van der Waals surface area contributed by atoms with Gasteiger partial charge in [-0.3, -0.25) is 4.57 Å². The number of benzene rings is 8.